The Morgan fingerprint density at radius 2 is 2.29 bits per heavy atom. The van der Waals surface area contributed by atoms with Crippen LogP contribution < -0.4 is 16.0 Å². The molecular weight excluding hydrogens is 288 g/mol. The summed E-state index contributed by atoms with van der Waals surface area (Å²) in [6.45, 7) is 4.39. The first kappa shape index (κ1) is 15.3. The molecule has 0 radical (unpaired) electrons. The number of aryl methyl sites for hydroxylation is 1. The van der Waals surface area contributed by atoms with E-state index < -0.39 is 0 Å². The third kappa shape index (κ3) is 3.33. The Morgan fingerprint density at radius 3 is 2.86 bits per heavy atom. The molecule has 21 heavy (non-hydrogen) atoms. The van der Waals surface area contributed by atoms with Gasteiger partial charge in [-0.3, -0.25) is 4.79 Å². The number of carbonyl (C=O) groups is 1. The van der Waals surface area contributed by atoms with Gasteiger partial charge in [0.1, 0.15) is 16.4 Å². The minimum Gasteiger partial charge on any atom is -0.382 e. The van der Waals surface area contributed by atoms with E-state index in [-0.39, 0.29) is 17.8 Å². The van der Waals surface area contributed by atoms with E-state index in [1.165, 1.54) is 11.5 Å². The Bertz CT molecular complexity index is 632. The molecule has 0 aromatic carbocycles. The van der Waals surface area contributed by atoms with Crippen LogP contribution in [0.15, 0.2) is 12.4 Å². The molecule has 0 aliphatic heterocycles. The second-order valence-electron chi connectivity index (χ2n) is 5.19. The summed E-state index contributed by atoms with van der Waals surface area (Å²) < 4.78 is 6.05. The van der Waals surface area contributed by atoms with E-state index in [0.717, 1.165) is 10.8 Å². The van der Waals surface area contributed by atoms with Gasteiger partial charge < -0.3 is 20.5 Å². The Labute approximate surface area is 127 Å². The number of nitrogens with one attached hydrogen (secondary N) is 1. The van der Waals surface area contributed by atoms with Crippen LogP contribution in [0.25, 0.3) is 0 Å². The maximum Gasteiger partial charge on any atom is 0.258 e. The van der Waals surface area contributed by atoms with Crippen molar-refractivity contribution in [1.29, 1.82) is 0 Å². The molecule has 114 valence electrons. The molecule has 2 rings (SSSR count). The summed E-state index contributed by atoms with van der Waals surface area (Å²) >= 11 is 1.22. The Balaban J connectivity index is 2.24. The van der Waals surface area contributed by atoms with Crippen molar-refractivity contribution in [3.05, 3.63) is 23.8 Å². The maximum absolute atomic E-state index is 12.3. The lowest BCUT2D eigenvalue weighted by Gasteiger charge is -2.18. The van der Waals surface area contributed by atoms with Gasteiger partial charge in [-0.2, -0.15) is 4.37 Å². The third-order valence-electron chi connectivity index (χ3n) is 2.99. The summed E-state index contributed by atoms with van der Waals surface area (Å²) in [5.74, 6) is 0.970. The molecule has 2 aromatic rings. The van der Waals surface area contributed by atoms with Crippen molar-refractivity contribution in [3.63, 3.8) is 0 Å². The van der Waals surface area contributed by atoms with Crippen molar-refractivity contribution in [2.75, 3.05) is 17.7 Å². The summed E-state index contributed by atoms with van der Waals surface area (Å²) in [7, 11) is 3.83. The topological polar surface area (TPSA) is 89.1 Å². The molecule has 0 saturated heterocycles. The average Bonchev–Trinajstić information content (AvgIpc) is 2.95. The molecule has 0 saturated carbocycles. The number of hydrogen-bond acceptors (Lipinski definition) is 6. The second-order valence-corrected chi connectivity index (χ2v) is 5.94. The van der Waals surface area contributed by atoms with E-state index in [1.807, 2.05) is 43.6 Å². The van der Waals surface area contributed by atoms with Gasteiger partial charge in [0, 0.05) is 32.5 Å². The number of imidazole rings is 1. The van der Waals surface area contributed by atoms with Gasteiger partial charge in [0.15, 0.2) is 5.82 Å². The van der Waals surface area contributed by atoms with Gasteiger partial charge in [0.2, 0.25) is 0 Å². The average molecular weight is 308 g/mol. The predicted octanol–water partition coefficient (Wildman–Crippen LogP) is 1.23. The molecule has 7 nitrogen and oxygen atoms in total. The lowest BCUT2D eigenvalue weighted by molar-refractivity contribution is 0.0944. The minimum absolute atomic E-state index is 0.0458. The number of nitrogen functional groups attached to an aromatic ring is 1. The fourth-order valence-electron chi connectivity index (χ4n) is 1.93. The van der Waals surface area contributed by atoms with E-state index in [0.29, 0.717) is 12.1 Å². The third-order valence-corrected chi connectivity index (χ3v) is 3.97. The molecular formula is C13H20N6OS. The van der Waals surface area contributed by atoms with Gasteiger partial charge in [-0.05, 0) is 25.4 Å². The van der Waals surface area contributed by atoms with Gasteiger partial charge >= 0.3 is 0 Å². The number of nitrogens with two attached hydrogens (primary N) is 1. The Morgan fingerprint density at radius 1 is 1.57 bits per heavy atom. The van der Waals surface area contributed by atoms with E-state index in [9.17, 15) is 4.79 Å². The molecule has 0 spiro atoms. The van der Waals surface area contributed by atoms with E-state index in [1.54, 1.807) is 6.20 Å². The zero-order valence-electron chi connectivity index (χ0n) is 12.6. The first-order valence-corrected chi connectivity index (χ1v) is 7.40. The van der Waals surface area contributed by atoms with Crippen LogP contribution >= 0.6 is 11.5 Å². The summed E-state index contributed by atoms with van der Waals surface area (Å²) in [6, 6.07) is 0.0458. The summed E-state index contributed by atoms with van der Waals surface area (Å²) in [6.07, 6.45) is 3.63. The lowest BCUT2D eigenvalue weighted by Crippen LogP contribution is -2.32. The predicted molar refractivity (Wildman–Crippen MR) is 84.4 cm³/mol. The van der Waals surface area contributed by atoms with Crippen LogP contribution in [0.3, 0.4) is 0 Å². The monoisotopic (exact) mass is 308 g/mol. The zero-order chi connectivity index (χ0) is 15.6. The molecule has 2 heterocycles. The van der Waals surface area contributed by atoms with Crippen LogP contribution in [0.4, 0.5) is 10.8 Å². The number of rotatable bonds is 5. The van der Waals surface area contributed by atoms with Crippen LogP contribution in [-0.4, -0.2) is 32.9 Å². The molecule has 0 bridgehead atoms. The standard InChI is InChI=1S/C13H20N6OS/c1-8(2)16-12(20)10-11(14)17-21-13(10)19(4)7-9-15-5-6-18(9)3/h5-6,8H,7H2,1-4H3,(H2,14,17)(H,16,20). The first-order valence-electron chi connectivity index (χ1n) is 6.63. The van der Waals surface area contributed by atoms with Gasteiger partial charge in [0.05, 0.1) is 6.54 Å². The van der Waals surface area contributed by atoms with Crippen molar-refractivity contribution >= 4 is 28.3 Å². The number of anilines is 2. The van der Waals surface area contributed by atoms with Gasteiger partial charge in [-0.1, -0.05) is 0 Å². The number of aromatic nitrogens is 3. The molecule has 1 amide bonds. The van der Waals surface area contributed by atoms with Crippen LogP contribution in [0.1, 0.15) is 30.0 Å². The largest absolute Gasteiger partial charge is 0.382 e. The van der Waals surface area contributed by atoms with Crippen LogP contribution in [-0.2, 0) is 13.6 Å². The fourth-order valence-corrected chi connectivity index (χ4v) is 2.70. The zero-order valence-corrected chi connectivity index (χ0v) is 13.4. The Kier molecular flexibility index (Phi) is 4.46. The smallest absolute Gasteiger partial charge is 0.258 e. The molecule has 0 aliphatic rings. The summed E-state index contributed by atoms with van der Waals surface area (Å²) in [4.78, 5) is 18.5. The Hall–Kier alpha value is -2.09. The summed E-state index contributed by atoms with van der Waals surface area (Å²) in [5, 5.41) is 3.60. The van der Waals surface area contributed by atoms with Crippen LogP contribution in [0, 0.1) is 0 Å². The van der Waals surface area contributed by atoms with Crippen LogP contribution in [0.2, 0.25) is 0 Å². The second kappa shape index (κ2) is 6.13. The molecule has 0 unspecified atom stereocenters. The van der Waals surface area contributed by atoms with E-state index in [4.69, 9.17) is 5.73 Å². The maximum atomic E-state index is 12.3. The minimum atomic E-state index is -0.196. The molecule has 8 heteroatoms. The van der Waals surface area contributed by atoms with Crippen molar-refractivity contribution in [3.8, 4) is 0 Å². The number of carbonyl (C=O) groups excluding carboxylic acids is 1. The summed E-state index contributed by atoms with van der Waals surface area (Å²) in [5.41, 5.74) is 6.29. The highest BCUT2D eigenvalue weighted by Gasteiger charge is 2.23. The molecule has 0 fully saturated rings. The van der Waals surface area contributed by atoms with Crippen molar-refractivity contribution in [2.45, 2.75) is 26.4 Å². The van der Waals surface area contributed by atoms with Gasteiger partial charge in [-0.15, -0.1) is 0 Å². The fraction of sp³-hybridized carbons (Fsp3) is 0.462. The van der Waals surface area contributed by atoms with Gasteiger partial charge in [0.25, 0.3) is 5.91 Å². The van der Waals surface area contributed by atoms with E-state index >= 15 is 0 Å². The van der Waals surface area contributed by atoms with Crippen molar-refractivity contribution < 1.29 is 4.79 Å². The molecule has 0 atom stereocenters. The lowest BCUT2D eigenvalue weighted by atomic mass is 10.2. The normalized spacial score (nSPS) is 10.9. The van der Waals surface area contributed by atoms with Crippen molar-refractivity contribution in [1.82, 2.24) is 19.2 Å². The number of nitrogens with zero attached hydrogens (tertiary/aromatic N) is 4. The molecule has 2 aromatic heterocycles. The van der Waals surface area contributed by atoms with Gasteiger partial charge in [-0.25, -0.2) is 4.98 Å². The van der Waals surface area contributed by atoms with Crippen LogP contribution in [0.5, 0.6) is 0 Å². The van der Waals surface area contributed by atoms with E-state index in [2.05, 4.69) is 14.7 Å². The highest BCUT2D eigenvalue weighted by molar-refractivity contribution is 7.11. The highest BCUT2D eigenvalue weighted by atomic mass is 32.1. The highest BCUT2D eigenvalue weighted by Crippen LogP contribution is 2.30. The van der Waals surface area contributed by atoms with Crippen molar-refractivity contribution in [2.24, 2.45) is 7.05 Å². The quantitative estimate of drug-likeness (QED) is 0.867. The SMILES string of the molecule is CC(C)NC(=O)c1c(N)nsc1N(C)Cc1nccn1C. The number of hydrogen-bond donors (Lipinski definition) is 2. The number of amides is 1. The first-order chi connectivity index (χ1) is 9.90. The molecule has 3 N–H and O–H groups in total. The molecule has 0 aliphatic carbocycles.